The fourth-order valence-corrected chi connectivity index (χ4v) is 4.05. The van der Waals surface area contributed by atoms with Gasteiger partial charge in [0, 0.05) is 13.1 Å². The quantitative estimate of drug-likeness (QED) is 0.519. The van der Waals surface area contributed by atoms with Gasteiger partial charge in [0.05, 0.1) is 19.1 Å². The van der Waals surface area contributed by atoms with Crippen LogP contribution < -0.4 is 14.4 Å². The lowest BCUT2D eigenvalue weighted by Crippen LogP contribution is -2.51. The number of anilines is 1. The highest BCUT2D eigenvalue weighted by atomic mass is 32.2. The average Bonchev–Trinajstić information content (AvgIpc) is 2.78. The first kappa shape index (κ1) is 27.1. The van der Waals surface area contributed by atoms with E-state index >= 15 is 0 Å². The molecule has 2 aromatic carbocycles. The maximum absolute atomic E-state index is 13.8. The minimum atomic E-state index is -3.91. The molecule has 0 unspecified atom stereocenters. The molecule has 10 heteroatoms. The van der Waals surface area contributed by atoms with Gasteiger partial charge in [-0.2, -0.15) is 0 Å². The van der Waals surface area contributed by atoms with Crippen molar-refractivity contribution in [1.29, 1.82) is 0 Å². The van der Waals surface area contributed by atoms with Gasteiger partial charge in [0.25, 0.3) is 0 Å². The molecule has 2 amide bonds. The van der Waals surface area contributed by atoms with Crippen molar-refractivity contribution < 1.29 is 27.1 Å². The SMILES string of the molecule is COc1ccc(CN(C(=O)CN(c2cccc(F)c2)S(C)(=O)=O)[C@@H](C)C(=O)NCC(C)C)cc1. The summed E-state index contributed by atoms with van der Waals surface area (Å²) in [5, 5.41) is 2.81. The first-order valence-electron chi connectivity index (χ1n) is 10.9. The third kappa shape index (κ3) is 7.72. The molecule has 34 heavy (non-hydrogen) atoms. The largest absolute Gasteiger partial charge is 0.497 e. The fourth-order valence-electron chi connectivity index (χ4n) is 3.21. The van der Waals surface area contributed by atoms with E-state index in [4.69, 9.17) is 4.74 Å². The number of hydrogen-bond donors (Lipinski definition) is 1. The molecular formula is C24H32FN3O5S. The van der Waals surface area contributed by atoms with E-state index in [1.165, 1.54) is 30.2 Å². The second-order valence-corrected chi connectivity index (χ2v) is 10.3. The Morgan fingerprint density at radius 3 is 2.26 bits per heavy atom. The summed E-state index contributed by atoms with van der Waals surface area (Å²) in [5.41, 5.74) is 0.756. The minimum Gasteiger partial charge on any atom is -0.497 e. The molecular weight excluding hydrogens is 461 g/mol. The van der Waals surface area contributed by atoms with E-state index in [1.54, 1.807) is 31.2 Å². The Labute approximate surface area is 200 Å². The van der Waals surface area contributed by atoms with E-state index in [1.807, 2.05) is 13.8 Å². The van der Waals surface area contributed by atoms with Gasteiger partial charge in [0.2, 0.25) is 21.8 Å². The zero-order valence-corrected chi connectivity index (χ0v) is 20.9. The van der Waals surface area contributed by atoms with Crippen LogP contribution in [0.15, 0.2) is 48.5 Å². The molecule has 8 nitrogen and oxygen atoms in total. The highest BCUT2D eigenvalue weighted by molar-refractivity contribution is 7.92. The molecule has 186 valence electrons. The summed E-state index contributed by atoms with van der Waals surface area (Å²) in [4.78, 5) is 27.5. The lowest BCUT2D eigenvalue weighted by Gasteiger charge is -2.31. The Morgan fingerprint density at radius 2 is 1.74 bits per heavy atom. The summed E-state index contributed by atoms with van der Waals surface area (Å²) in [6, 6.07) is 11.1. The Hall–Kier alpha value is -3.14. The van der Waals surface area contributed by atoms with Crippen molar-refractivity contribution in [2.75, 3.05) is 30.8 Å². The normalized spacial score (nSPS) is 12.2. The number of amides is 2. The maximum Gasteiger partial charge on any atom is 0.244 e. The number of hydrogen-bond acceptors (Lipinski definition) is 5. The Bertz CT molecular complexity index is 1090. The summed E-state index contributed by atoms with van der Waals surface area (Å²) in [6.07, 6.45) is 0.942. The van der Waals surface area contributed by atoms with E-state index in [9.17, 15) is 22.4 Å². The molecule has 1 atom stereocenters. The molecule has 0 radical (unpaired) electrons. The van der Waals surface area contributed by atoms with Crippen molar-refractivity contribution in [3.8, 4) is 5.75 Å². The second kappa shape index (κ2) is 11.8. The van der Waals surface area contributed by atoms with Crippen LogP contribution in [0.25, 0.3) is 0 Å². The van der Waals surface area contributed by atoms with Crippen LogP contribution in [0, 0.1) is 11.7 Å². The summed E-state index contributed by atoms with van der Waals surface area (Å²) in [5.74, 6) is -0.727. The van der Waals surface area contributed by atoms with Gasteiger partial charge >= 0.3 is 0 Å². The van der Waals surface area contributed by atoms with Crippen molar-refractivity contribution in [2.45, 2.75) is 33.4 Å². The van der Waals surface area contributed by atoms with Gasteiger partial charge in [-0.3, -0.25) is 13.9 Å². The molecule has 0 bridgehead atoms. The smallest absolute Gasteiger partial charge is 0.244 e. The number of carbonyl (C=O) groups is 2. The molecule has 0 saturated carbocycles. The number of sulfonamides is 1. The molecule has 2 aromatic rings. The van der Waals surface area contributed by atoms with Crippen LogP contribution in [-0.2, 0) is 26.2 Å². The van der Waals surface area contributed by atoms with Crippen molar-refractivity contribution >= 4 is 27.5 Å². The van der Waals surface area contributed by atoms with Crippen LogP contribution in [0.3, 0.4) is 0 Å². The number of methoxy groups -OCH3 is 1. The number of nitrogens with zero attached hydrogens (tertiary/aromatic N) is 2. The monoisotopic (exact) mass is 493 g/mol. The van der Waals surface area contributed by atoms with Gasteiger partial charge in [0.1, 0.15) is 24.2 Å². The summed E-state index contributed by atoms with van der Waals surface area (Å²) >= 11 is 0. The number of nitrogens with one attached hydrogen (secondary N) is 1. The van der Waals surface area contributed by atoms with Crippen LogP contribution in [-0.4, -0.2) is 57.6 Å². The van der Waals surface area contributed by atoms with Crippen molar-refractivity contribution in [3.05, 3.63) is 59.9 Å². The van der Waals surface area contributed by atoms with Gasteiger partial charge in [-0.1, -0.05) is 32.0 Å². The van der Waals surface area contributed by atoms with Crippen LogP contribution in [0.2, 0.25) is 0 Å². The van der Waals surface area contributed by atoms with Gasteiger partial charge in [0.15, 0.2) is 0 Å². The fraction of sp³-hybridized carbons (Fsp3) is 0.417. The first-order chi connectivity index (χ1) is 15.9. The molecule has 0 spiro atoms. The predicted molar refractivity (Wildman–Crippen MR) is 129 cm³/mol. The lowest BCUT2D eigenvalue weighted by atomic mass is 10.1. The molecule has 2 rings (SSSR count). The number of benzene rings is 2. The maximum atomic E-state index is 13.8. The van der Waals surface area contributed by atoms with E-state index in [-0.39, 0.29) is 24.1 Å². The Balaban J connectivity index is 2.36. The molecule has 0 heterocycles. The molecule has 0 aromatic heterocycles. The Kier molecular flexibility index (Phi) is 9.43. The third-order valence-corrected chi connectivity index (χ3v) is 6.28. The summed E-state index contributed by atoms with van der Waals surface area (Å²) < 4.78 is 44.7. The summed E-state index contributed by atoms with van der Waals surface area (Å²) in [7, 11) is -2.37. The molecule has 0 fully saturated rings. The van der Waals surface area contributed by atoms with Crippen molar-refractivity contribution in [3.63, 3.8) is 0 Å². The van der Waals surface area contributed by atoms with Crippen molar-refractivity contribution in [1.82, 2.24) is 10.2 Å². The molecule has 0 saturated heterocycles. The number of carbonyl (C=O) groups excluding carboxylic acids is 2. The van der Waals surface area contributed by atoms with Gasteiger partial charge in [-0.25, -0.2) is 12.8 Å². The van der Waals surface area contributed by atoms with Crippen LogP contribution >= 0.6 is 0 Å². The van der Waals surface area contributed by atoms with Crippen LogP contribution in [0.4, 0.5) is 10.1 Å². The minimum absolute atomic E-state index is 0.0251. The summed E-state index contributed by atoms with van der Waals surface area (Å²) in [6.45, 7) is 5.42. The molecule has 0 aliphatic heterocycles. The van der Waals surface area contributed by atoms with Crippen LogP contribution in [0.5, 0.6) is 5.75 Å². The van der Waals surface area contributed by atoms with E-state index in [2.05, 4.69) is 5.32 Å². The number of rotatable bonds is 11. The average molecular weight is 494 g/mol. The second-order valence-electron chi connectivity index (χ2n) is 8.43. The molecule has 0 aliphatic carbocycles. The molecule has 1 N–H and O–H groups in total. The third-order valence-electron chi connectivity index (χ3n) is 5.14. The topological polar surface area (TPSA) is 96.0 Å². The Morgan fingerprint density at radius 1 is 1.09 bits per heavy atom. The van der Waals surface area contributed by atoms with Crippen molar-refractivity contribution in [2.24, 2.45) is 5.92 Å². The van der Waals surface area contributed by atoms with Gasteiger partial charge < -0.3 is 15.0 Å². The number of ether oxygens (including phenoxy) is 1. The predicted octanol–water partition coefficient (Wildman–Crippen LogP) is 2.79. The van der Waals surface area contributed by atoms with E-state index in [0.29, 0.717) is 12.3 Å². The highest BCUT2D eigenvalue weighted by Crippen LogP contribution is 2.20. The van der Waals surface area contributed by atoms with Crippen LogP contribution in [0.1, 0.15) is 26.3 Å². The van der Waals surface area contributed by atoms with Gasteiger partial charge in [-0.15, -0.1) is 0 Å². The van der Waals surface area contributed by atoms with E-state index < -0.39 is 34.3 Å². The first-order valence-corrected chi connectivity index (χ1v) is 12.7. The molecule has 0 aliphatic rings. The zero-order chi connectivity index (χ0) is 25.5. The lowest BCUT2D eigenvalue weighted by molar-refractivity contribution is -0.139. The van der Waals surface area contributed by atoms with Gasteiger partial charge in [-0.05, 0) is 48.7 Å². The standard InChI is InChI=1S/C24H32FN3O5S/c1-17(2)14-26-24(30)18(3)27(15-19-9-11-22(33-4)12-10-19)23(29)16-28(34(5,31)32)21-8-6-7-20(25)13-21/h6-13,17-18H,14-16H2,1-5H3,(H,26,30)/t18-/m0/s1. The zero-order valence-electron chi connectivity index (χ0n) is 20.1. The van der Waals surface area contributed by atoms with E-state index in [0.717, 1.165) is 22.2 Å². The highest BCUT2D eigenvalue weighted by Gasteiger charge is 2.30. The number of halogens is 1.